The predicted octanol–water partition coefficient (Wildman–Crippen LogP) is 5.88. The number of nitrogens with one attached hydrogen (secondary N) is 1. The van der Waals surface area contributed by atoms with E-state index in [1.165, 1.54) is 0 Å². The summed E-state index contributed by atoms with van der Waals surface area (Å²) < 4.78 is 83.6. The number of hydrogen-bond acceptors (Lipinski definition) is 3. The highest BCUT2D eigenvalue weighted by Gasteiger charge is 2.42. The molecule has 0 radical (unpaired) electrons. The fourth-order valence-electron chi connectivity index (χ4n) is 4.31. The number of ether oxygens (including phenoxy) is 1. The number of benzene rings is 1. The molecule has 34 heavy (non-hydrogen) atoms. The summed E-state index contributed by atoms with van der Waals surface area (Å²) in [7, 11) is 0. The minimum atomic E-state index is -5.02. The first kappa shape index (κ1) is 26.2. The summed E-state index contributed by atoms with van der Waals surface area (Å²) in [6, 6.07) is 0.841. The van der Waals surface area contributed by atoms with Gasteiger partial charge < -0.3 is 15.0 Å². The quantitative estimate of drug-likeness (QED) is 0.532. The molecule has 1 aliphatic carbocycles. The van der Waals surface area contributed by atoms with Crippen molar-refractivity contribution < 1.29 is 40.7 Å². The van der Waals surface area contributed by atoms with E-state index >= 15 is 0 Å². The molecule has 11 heteroatoms. The first-order chi connectivity index (χ1) is 15.6. The van der Waals surface area contributed by atoms with Crippen LogP contribution in [0.3, 0.4) is 0 Å². The molecule has 3 rings (SSSR count). The van der Waals surface area contributed by atoms with Gasteiger partial charge in [-0.05, 0) is 49.8 Å². The molecule has 5 nitrogen and oxygen atoms in total. The lowest BCUT2D eigenvalue weighted by molar-refractivity contribution is -0.143. The van der Waals surface area contributed by atoms with E-state index in [9.17, 15) is 35.9 Å². The smallest absolute Gasteiger partial charge is 0.416 e. The van der Waals surface area contributed by atoms with Gasteiger partial charge >= 0.3 is 18.4 Å². The van der Waals surface area contributed by atoms with Gasteiger partial charge in [-0.25, -0.2) is 4.79 Å². The van der Waals surface area contributed by atoms with Crippen LogP contribution in [-0.4, -0.2) is 42.1 Å². The normalized spacial score (nSPS) is 24.2. The van der Waals surface area contributed by atoms with Crippen molar-refractivity contribution in [2.45, 2.75) is 71.0 Å². The fraction of sp³-hybridized carbons (Fsp3) is 0.652. The molecule has 190 valence electrons. The number of nitrogens with zero attached hydrogens (tertiary/aromatic N) is 1. The molecule has 1 aliphatic heterocycles. The highest BCUT2D eigenvalue weighted by molar-refractivity contribution is 5.94. The van der Waals surface area contributed by atoms with Crippen molar-refractivity contribution in [2.24, 2.45) is 11.3 Å². The molecule has 1 unspecified atom stereocenters. The van der Waals surface area contributed by atoms with Crippen LogP contribution < -0.4 is 5.32 Å². The average Bonchev–Trinajstić information content (AvgIpc) is 3.13. The molecule has 0 spiro atoms. The molecule has 1 saturated carbocycles. The Balaban J connectivity index is 1.57. The number of rotatable bonds is 4. The van der Waals surface area contributed by atoms with Gasteiger partial charge in [0.15, 0.2) is 0 Å². The largest absolute Gasteiger partial charge is 0.444 e. The first-order valence-corrected chi connectivity index (χ1v) is 11.1. The highest BCUT2D eigenvalue weighted by atomic mass is 19.4. The third kappa shape index (κ3) is 6.15. The lowest BCUT2D eigenvalue weighted by atomic mass is 9.84. The molecule has 1 aromatic rings. The number of carbonyl (C=O) groups is 2. The summed E-state index contributed by atoms with van der Waals surface area (Å²) in [4.78, 5) is 26.4. The van der Waals surface area contributed by atoms with Crippen LogP contribution in [0.4, 0.5) is 31.1 Å². The minimum Gasteiger partial charge on any atom is -0.444 e. The molecule has 1 N–H and O–H groups in total. The van der Waals surface area contributed by atoms with E-state index in [4.69, 9.17) is 4.74 Å². The van der Waals surface area contributed by atoms with E-state index in [1.54, 1.807) is 4.90 Å². The van der Waals surface area contributed by atoms with Crippen LogP contribution in [0.2, 0.25) is 0 Å². The van der Waals surface area contributed by atoms with Gasteiger partial charge in [0.25, 0.3) is 5.91 Å². The topological polar surface area (TPSA) is 58.6 Å². The van der Waals surface area contributed by atoms with Crippen molar-refractivity contribution in [1.82, 2.24) is 10.2 Å². The molecular formula is C23H28F6N2O3. The standard InChI is InChI=1S/C23H28F6N2O3/c1-21(2,3)18-12-31(20(33)34-18)17-6-4-13(5-7-17)11-30-19(32)14-8-15(22(24,25)26)10-16(9-14)23(27,28)29/h8-10,13,17-18H,4-7,11-12H2,1-3H3,(H,30,32)/t13-,17-,18?. The second-order valence-corrected chi connectivity index (χ2v) is 10.1. The van der Waals surface area contributed by atoms with Crippen LogP contribution in [-0.2, 0) is 17.1 Å². The van der Waals surface area contributed by atoms with E-state index in [-0.39, 0.29) is 42.2 Å². The number of amides is 2. The lowest BCUT2D eigenvalue weighted by Gasteiger charge is -2.33. The van der Waals surface area contributed by atoms with E-state index in [0.29, 0.717) is 44.4 Å². The monoisotopic (exact) mass is 494 g/mol. The molecule has 1 saturated heterocycles. The van der Waals surface area contributed by atoms with Crippen LogP contribution >= 0.6 is 0 Å². The molecule has 1 aromatic carbocycles. The Morgan fingerprint density at radius 3 is 1.94 bits per heavy atom. The number of carbonyl (C=O) groups excluding carboxylic acids is 2. The van der Waals surface area contributed by atoms with E-state index in [1.807, 2.05) is 20.8 Å². The van der Waals surface area contributed by atoms with Gasteiger partial charge in [-0.2, -0.15) is 26.3 Å². The Labute approximate surface area is 193 Å². The van der Waals surface area contributed by atoms with Gasteiger partial charge in [-0.1, -0.05) is 20.8 Å². The van der Waals surface area contributed by atoms with Gasteiger partial charge in [0.05, 0.1) is 17.7 Å². The summed E-state index contributed by atoms with van der Waals surface area (Å²) in [5.74, 6) is -0.986. The Kier molecular flexibility index (Phi) is 7.15. The predicted molar refractivity (Wildman–Crippen MR) is 111 cm³/mol. The van der Waals surface area contributed by atoms with Crippen molar-refractivity contribution >= 4 is 12.0 Å². The Morgan fingerprint density at radius 2 is 1.50 bits per heavy atom. The first-order valence-electron chi connectivity index (χ1n) is 11.1. The van der Waals surface area contributed by atoms with Gasteiger partial charge in [0, 0.05) is 23.6 Å². The van der Waals surface area contributed by atoms with Crippen molar-refractivity contribution in [1.29, 1.82) is 0 Å². The molecule has 0 aromatic heterocycles. The third-order valence-electron chi connectivity index (χ3n) is 6.46. The summed E-state index contributed by atoms with van der Waals surface area (Å²) in [5, 5.41) is 2.47. The zero-order valence-electron chi connectivity index (χ0n) is 19.1. The van der Waals surface area contributed by atoms with Crippen LogP contribution in [0, 0.1) is 11.3 Å². The summed E-state index contributed by atoms with van der Waals surface area (Å²) in [6.45, 7) is 6.62. The number of halogens is 6. The van der Waals surface area contributed by atoms with E-state index in [2.05, 4.69) is 5.32 Å². The fourth-order valence-corrected chi connectivity index (χ4v) is 4.31. The molecule has 1 atom stereocenters. The molecule has 1 heterocycles. The van der Waals surface area contributed by atoms with Gasteiger partial charge in [0.2, 0.25) is 0 Å². The van der Waals surface area contributed by atoms with Crippen molar-refractivity contribution in [3.05, 3.63) is 34.9 Å². The van der Waals surface area contributed by atoms with Crippen LogP contribution in [0.25, 0.3) is 0 Å². The van der Waals surface area contributed by atoms with E-state index in [0.717, 1.165) is 0 Å². The summed E-state index contributed by atoms with van der Waals surface area (Å²) in [6.07, 6.45) is -7.92. The summed E-state index contributed by atoms with van der Waals surface area (Å²) in [5.41, 5.74) is -3.93. The maximum Gasteiger partial charge on any atom is 0.416 e. The SMILES string of the molecule is CC(C)(C)C1CN([C@H]2CC[C@H](CNC(=O)c3cc(C(F)(F)F)cc(C(F)(F)F)c3)CC2)C(=O)O1. The molecule has 0 bridgehead atoms. The van der Waals surface area contributed by atoms with E-state index < -0.39 is 35.0 Å². The minimum absolute atomic E-state index is 0.00427. The molecule has 2 aliphatic rings. The van der Waals surface area contributed by atoms with Crippen LogP contribution in [0.5, 0.6) is 0 Å². The second kappa shape index (κ2) is 9.30. The number of cyclic esters (lactones) is 1. The van der Waals surface area contributed by atoms with Crippen molar-refractivity contribution in [3.63, 3.8) is 0 Å². The molecular weight excluding hydrogens is 466 g/mol. The van der Waals surface area contributed by atoms with Crippen LogP contribution in [0.1, 0.15) is 67.9 Å². The maximum atomic E-state index is 13.0. The van der Waals surface area contributed by atoms with Crippen molar-refractivity contribution in [2.75, 3.05) is 13.1 Å². The zero-order chi connectivity index (χ0) is 25.5. The van der Waals surface area contributed by atoms with Crippen LogP contribution in [0.15, 0.2) is 18.2 Å². The van der Waals surface area contributed by atoms with Gasteiger partial charge in [-0.15, -0.1) is 0 Å². The van der Waals surface area contributed by atoms with Crippen molar-refractivity contribution in [3.8, 4) is 0 Å². The molecule has 2 amide bonds. The number of hydrogen-bond donors (Lipinski definition) is 1. The Morgan fingerprint density at radius 1 is 0.971 bits per heavy atom. The van der Waals surface area contributed by atoms with Gasteiger partial charge in [0.1, 0.15) is 6.10 Å². The second-order valence-electron chi connectivity index (χ2n) is 10.1. The van der Waals surface area contributed by atoms with Gasteiger partial charge in [-0.3, -0.25) is 4.79 Å². The molecule has 2 fully saturated rings. The third-order valence-corrected chi connectivity index (χ3v) is 6.46. The lowest BCUT2D eigenvalue weighted by Crippen LogP contribution is -2.41. The maximum absolute atomic E-state index is 13.0. The summed E-state index contributed by atoms with van der Waals surface area (Å²) >= 11 is 0. The average molecular weight is 494 g/mol. The zero-order valence-corrected chi connectivity index (χ0v) is 19.1. The Bertz CT molecular complexity index is 883. The highest BCUT2D eigenvalue weighted by Crippen LogP contribution is 2.37. The number of alkyl halides is 6. The Hall–Kier alpha value is -2.46.